The molecule has 2 heterocycles. The van der Waals surface area contributed by atoms with Crippen LogP contribution in [0.3, 0.4) is 0 Å². The van der Waals surface area contributed by atoms with Crippen LogP contribution in [0, 0.1) is 13.8 Å². The van der Waals surface area contributed by atoms with Gasteiger partial charge in [0.25, 0.3) is 5.91 Å². The molecule has 1 fully saturated rings. The van der Waals surface area contributed by atoms with Crippen LogP contribution in [-0.4, -0.2) is 54.0 Å². The average molecular weight is 236 g/mol. The van der Waals surface area contributed by atoms with Crippen LogP contribution in [0.1, 0.15) is 21.6 Å². The van der Waals surface area contributed by atoms with Crippen molar-refractivity contribution in [3.8, 4) is 0 Å². The van der Waals surface area contributed by atoms with E-state index in [0.29, 0.717) is 0 Å². The van der Waals surface area contributed by atoms with Gasteiger partial charge in [-0.2, -0.15) is 0 Å². The summed E-state index contributed by atoms with van der Waals surface area (Å²) in [5.41, 5.74) is 5.66. The molecule has 1 saturated heterocycles. The summed E-state index contributed by atoms with van der Waals surface area (Å²) in [5, 5.41) is 1.99. The Morgan fingerprint density at radius 3 is 2.47 bits per heavy atom. The van der Waals surface area contributed by atoms with Gasteiger partial charge in [0, 0.05) is 38.1 Å². The van der Waals surface area contributed by atoms with Crippen molar-refractivity contribution in [2.75, 3.05) is 33.2 Å². The van der Waals surface area contributed by atoms with Crippen LogP contribution < -0.4 is 5.43 Å². The highest BCUT2D eigenvalue weighted by Crippen LogP contribution is 2.12. The molecule has 0 unspecified atom stereocenters. The van der Waals surface area contributed by atoms with Crippen molar-refractivity contribution in [1.82, 2.24) is 20.3 Å². The van der Waals surface area contributed by atoms with E-state index in [1.54, 1.807) is 0 Å². The average Bonchev–Trinajstić information content (AvgIpc) is 2.62. The molecule has 5 nitrogen and oxygen atoms in total. The molecule has 0 bridgehead atoms. The van der Waals surface area contributed by atoms with Crippen LogP contribution in [0.25, 0.3) is 0 Å². The fourth-order valence-electron chi connectivity index (χ4n) is 2.12. The molecule has 1 aromatic rings. The minimum Gasteiger partial charge on any atom is -0.364 e. The lowest BCUT2D eigenvalue weighted by Crippen LogP contribution is -2.52. The number of nitrogens with zero attached hydrogens (tertiary/aromatic N) is 2. The van der Waals surface area contributed by atoms with Crippen molar-refractivity contribution < 1.29 is 4.79 Å². The van der Waals surface area contributed by atoms with Gasteiger partial charge in [0.2, 0.25) is 0 Å². The number of nitrogens with one attached hydrogen (secondary N) is 2. The summed E-state index contributed by atoms with van der Waals surface area (Å²) in [6.45, 7) is 7.61. The molecule has 1 amide bonds. The lowest BCUT2D eigenvalue weighted by Gasteiger charge is -2.32. The summed E-state index contributed by atoms with van der Waals surface area (Å²) in [4.78, 5) is 17.4. The highest BCUT2D eigenvalue weighted by molar-refractivity contribution is 5.96. The van der Waals surface area contributed by atoms with Crippen LogP contribution >= 0.6 is 0 Å². The van der Waals surface area contributed by atoms with Gasteiger partial charge in [-0.1, -0.05) is 0 Å². The zero-order chi connectivity index (χ0) is 12.4. The molecule has 0 spiro atoms. The molecule has 1 aliphatic heterocycles. The van der Waals surface area contributed by atoms with Crippen molar-refractivity contribution in [2.45, 2.75) is 13.8 Å². The van der Waals surface area contributed by atoms with Crippen molar-refractivity contribution in [2.24, 2.45) is 0 Å². The van der Waals surface area contributed by atoms with Crippen molar-refractivity contribution in [1.29, 1.82) is 0 Å². The molecule has 5 heteroatoms. The molecule has 0 saturated carbocycles. The van der Waals surface area contributed by atoms with Gasteiger partial charge in [0.15, 0.2) is 0 Å². The van der Waals surface area contributed by atoms with Gasteiger partial charge in [0.1, 0.15) is 0 Å². The minimum absolute atomic E-state index is 0.00852. The molecular formula is C12H20N4O. The van der Waals surface area contributed by atoms with E-state index in [9.17, 15) is 4.79 Å². The molecule has 0 aromatic carbocycles. The minimum atomic E-state index is -0.00852. The Bertz CT molecular complexity index is 385. The van der Waals surface area contributed by atoms with Crippen LogP contribution in [-0.2, 0) is 0 Å². The Morgan fingerprint density at radius 1 is 1.29 bits per heavy atom. The van der Waals surface area contributed by atoms with Gasteiger partial charge in [0.05, 0.1) is 5.56 Å². The third-order valence-electron chi connectivity index (χ3n) is 3.26. The zero-order valence-electron chi connectivity index (χ0n) is 10.7. The van der Waals surface area contributed by atoms with E-state index in [1.165, 1.54) is 0 Å². The van der Waals surface area contributed by atoms with Gasteiger partial charge in [-0.15, -0.1) is 0 Å². The molecule has 0 aliphatic carbocycles. The third-order valence-corrected chi connectivity index (χ3v) is 3.26. The van der Waals surface area contributed by atoms with Crippen LogP contribution in [0.2, 0.25) is 0 Å². The summed E-state index contributed by atoms with van der Waals surface area (Å²) in [6.07, 6.45) is 1.87. The van der Waals surface area contributed by atoms with Crippen LogP contribution in [0.4, 0.5) is 0 Å². The van der Waals surface area contributed by atoms with E-state index in [2.05, 4.69) is 22.4 Å². The molecule has 2 rings (SSSR count). The van der Waals surface area contributed by atoms with E-state index >= 15 is 0 Å². The maximum atomic E-state index is 12.1. The summed E-state index contributed by atoms with van der Waals surface area (Å²) in [7, 11) is 2.10. The standard InChI is InChI=1S/C12H20N4O/c1-9-8-13-10(2)11(9)12(17)14-16-6-4-15(3)5-7-16/h8,13H,4-7H2,1-3H3,(H,14,17). The first-order chi connectivity index (χ1) is 8.08. The number of hydrogen-bond donors (Lipinski definition) is 2. The second-order valence-corrected chi connectivity index (χ2v) is 4.70. The Hall–Kier alpha value is -1.33. The lowest BCUT2D eigenvalue weighted by molar-refractivity contribution is 0.0661. The van der Waals surface area contributed by atoms with E-state index in [4.69, 9.17) is 0 Å². The number of rotatable bonds is 2. The van der Waals surface area contributed by atoms with Gasteiger partial charge in [-0.05, 0) is 26.5 Å². The Labute approximate surface area is 102 Å². The Kier molecular flexibility index (Phi) is 3.49. The van der Waals surface area contributed by atoms with Crippen molar-refractivity contribution >= 4 is 5.91 Å². The van der Waals surface area contributed by atoms with Gasteiger partial charge >= 0.3 is 0 Å². The number of hydrogen-bond acceptors (Lipinski definition) is 3. The smallest absolute Gasteiger partial charge is 0.267 e. The van der Waals surface area contributed by atoms with E-state index in [0.717, 1.165) is 43.0 Å². The fraction of sp³-hybridized carbons (Fsp3) is 0.583. The maximum Gasteiger partial charge on any atom is 0.267 e. The SMILES string of the molecule is Cc1c[nH]c(C)c1C(=O)NN1CCN(C)CC1. The first-order valence-corrected chi connectivity index (χ1v) is 5.97. The largest absolute Gasteiger partial charge is 0.364 e. The lowest BCUT2D eigenvalue weighted by atomic mass is 10.1. The van der Waals surface area contributed by atoms with E-state index < -0.39 is 0 Å². The van der Waals surface area contributed by atoms with Gasteiger partial charge in [-0.3, -0.25) is 10.2 Å². The number of carbonyl (C=O) groups is 1. The normalized spacial score (nSPS) is 18.3. The molecule has 1 aromatic heterocycles. The number of aromatic amines is 1. The number of carbonyl (C=O) groups excluding carboxylic acids is 1. The number of amides is 1. The molecule has 0 atom stereocenters. The number of hydrazine groups is 1. The molecule has 0 radical (unpaired) electrons. The predicted molar refractivity (Wildman–Crippen MR) is 66.8 cm³/mol. The van der Waals surface area contributed by atoms with E-state index in [-0.39, 0.29) is 5.91 Å². The second kappa shape index (κ2) is 4.89. The molecule has 1 aliphatic rings. The first-order valence-electron chi connectivity index (χ1n) is 5.97. The first kappa shape index (κ1) is 12.1. The monoisotopic (exact) mass is 236 g/mol. The van der Waals surface area contributed by atoms with Gasteiger partial charge in [-0.25, -0.2) is 5.01 Å². The van der Waals surface area contributed by atoms with Crippen molar-refractivity contribution in [3.63, 3.8) is 0 Å². The number of H-pyrrole nitrogens is 1. The molecule has 2 N–H and O–H groups in total. The summed E-state index contributed by atoms with van der Waals surface area (Å²) >= 11 is 0. The maximum absolute atomic E-state index is 12.1. The van der Waals surface area contributed by atoms with E-state index in [1.807, 2.05) is 25.1 Å². The molecular weight excluding hydrogens is 216 g/mol. The highest BCUT2D eigenvalue weighted by atomic mass is 16.2. The molecule has 94 valence electrons. The van der Waals surface area contributed by atoms with Crippen LogP contribution in [0.5, 0.6) is 0 Å². The quantitative estimate of drug-likeness (QED) is 0.787. The summed E-state index contributed by atoms with van der Waals surface area (Å²) in [5.74, 6) is -0.00852. The number of likely N-dealkylation sites (N-methyl/N-ethyl adjacent to an activating group) is 1. The third kappa shape index (κ3) is 2.68. The predicted octanol–water partition coefficient (Wildman–Crippen LogP) is 0.524. The molecule has 17 heavy (non-hydrogen) atoms. The highest BCUT2D eigenvalue weighted by Gasteiger charge is 2.19. The summed E-state index contributed by atoms with van der Waals surface area (Å²) < 4.78 is 0. The number of aryl methyl sites for hydroxylation is 2. The number of piperazine rings is 1. The zero-order valence-corrected chi connectivity index (χ0v) is 10.7. The van der Waals surface area contributed by atoms with Crippen LogP contribution in [0.15, 0.2) is 6.20 Å². The fourth-order valence-corrected chi connectivity index (χ4v) is 2.12. The second-order valence-electron chi connectivity index (χ2n) is 4.70. The summed E-state index contributed by atoms with van der Waals surface area (Å²) in [6, 6.07) is 0. The Morgan fingerprint density at radius 2 is 1.94 bits per heavy atom. The number of aromatic nitrogens is 1. The van der Waals surface area contributed by atoms with Gasteiger partial charge < -0.3 is 9.88 Å². The van der Waals surface area contributed by atoms with Crippen molar-refractivity contribution in [3.05, 3.63) is 23.0 Å². The Balaban J connectivity index is 1.98. The topological polar surface area (TPSA) is 51.4 Å².